The molecule has 3 aromatic rings. The Labute approximate surface area is 202 Å². The zero-order valence-corrected chi connectivity index (χ0v) is 19.9. The number of imidazole rings is 1. The van der Waals surface area contributed by atoms with Crippen molar-refractivity contribution in [3.8, 4) is 0 Å². The van der Waals surface area contributed by atoms with Gasteiger partial charge in [0.05, 0.1) is 18.0 Å². The second-order valence-corrected chi connectivity index (χ2v) is 9.24. The van der Waals surface area contributed by atoms with Crippen LogP contribution in [-0.4, -0.2) is 70.1 Å². The summed E-state index contributed by atoms with van der Waals surface area (Å²) in [6, 6.07) is 15.9. The molecule has 178 valence electrons. The molecule has 0 unspecified atom stereocenters. The van der Waals surface area contributed by atoms with Crippen LogP contribution in [0.15, 0.2) is 59.8 Å². The summed E-state index contributed by atoms with van der Waals surface area (Å²) >= 11 is 1.42. The monoisotopic (exact) mass is 481 g/mol. The number of hydrogen-bond donors (Lipinski definition) is 2. The molecule has 0 aliphatic carbocycles. The molecule has 0 radical (unpaired) electrons. The number of carbonyl (C=O) groups excluding carboxylic acids is 2. The van der Waals surface area contributed by atoms with Gasteiger partial charge in [0.15, 0.2) is 5.16 Å². The van der Waals surface area contributed by atoms with Crippen LogP contribution in [0.3, 0.4) is 0 Å². The fourth-order valence-corrected chi connectivity index (χ4v) is 4.65. The fourth-order valence-electron chi connectivity index (χ4n) is 3.81. The first-order valence-electron chi connectivity index (χ1n) is 11.2. The molecule has 0 atom stereocenters. The van der Waals surface area contributed by atoms with E-state index in [9.17, 15) is 14.0 Å². The highest BCUT2D eigenvalue weighted by Gasteiger charge is 2.23. The summed E-state index contributed by atoms with van der Waals surface area (Å²) in [5.41, 5.74) is 3.78. The molecule has 34 heavy (non-hydrogen) atoms. The minimum atomic E-state index is -0.341. The Morgan fingerprint density at radius 1 is 1.06 bits per heavy atom. The van der Waals surface area contributed by atoms with Gasteiger partial charge in [-0.3, -0.25) is 14.5 Å². The molecular weight excluding hydrogens is 453 g/mol. The van der Waals surface area contributed by atoms with E-state index in [1.165, 1.54) is 41.6 Å². The first-order chi connectivity index (χ1) is 16.5. The van der Waals surface area contributed by atoms with Crippen molar-refractivity contribution in [3.05, 3.63) is 77.4 Å². The first-order valence-corrected chi connectivity index (χ1v) is 12.2. The van der Waals surface area contributed by atoms with Crippen LogP contribution in [0.4, 0.5) is 10.1 Å². The number of amides is 2. The molecule has 2 N–H and O–H groups in total. The van der Waals surface area contributed by atoms with Crippen LogP contribution in [0, 0.1) is 12.7 Å². The molecule has 2 heterocycles. The number of nitrogens with one attached hydrogen (secondary N) is 2. The topological polar surface area (TPSA) is 81.3 Å². The number of thioether (sulfide) groups is 1. The van der Waals surface area contributed by atoms with Crippen LogP contribution in [-0.2, 0) is 16.0 Å². The number of aryl methyl sites for hydroxylation is 1. The van der Waals surface area contributed by atoms with Crippen molar-refractivity contribution >= 4 is 29.3 Å². The van der Waals surface area contributed by atoms with Gasteiger partial charge < -0.3 is 15.2 Å². The minimum absolute atomic E-state index is 0.0686. The van der Waals surface area contributed by atoms with Crippen LogP contribution >= 0.6 is 11.8 Å². The highest BCUT2D eigenvalue weighted by Crippen LogP contribution is 2.20. The summed E-state index contributed by atoms with van der Waals surface area (Å²) in [7, 11) is 0. The number of anilines is 1. The Kier molecular flexibility index (Phi) is 7.97. The summed E-state index contributed by atoms with van der Waals surface area (Å²) in [5, 5.41) is 3.53. The van der Waals surface area contributed by atoms with E-state index >= 15 is 0 Å². The van der Waals surface area contributed by atoms with E-state index in [1.54, 1.807) is 0 Å². The standard InChI is InChI=1S/C25H28FN5O2S/c1-18-22(15-19-5-3-2-4-6-19)29-25(27-18)34-17-24(33)31-13-11-30(12-14-31)16-23(32)28-21-9-7-20(26)8-10-21/h2-10H,11-17H2,1H3,(H,27,29)(H,28,32). The fraction of sp³-hybridized carbons (Fsp3) is 0.320. The largest absolute Gasteiger partial charge is 0.339 e. The lowest BCUT2D eigenvalue weighted by molar-refractivity contribution is -0.130. The molecular formula is C25H28FN5O2S. The number of nitrogens with zero attached hydrogens (tertiary/aromatic N) is 3. The van der Waals surface area contributed by atoms with E-state index in [2.05, 4.69) is 27.4 Å². The Morgan fingerprint density at radius 2 is 1.76 bits per heavy atom. The number of hydrogen-bond acceptors (Lipinski definition) is 5. The van der Waals surface area contributed by atoms with E-state index in [0.29, 0.717) is 37.6 Å². The molecule has 9 heteroatoms. The lowest BCUT2D eigenvalue weighted by Crippen LogP contribution is -2.50. The van der Waals surface area contributed by atoms with Crippen molar-refractivity contribution in [2.75, 3.05) is 43.8 Å². The van der Waals surface area contributed by atoms with Crippen molar-refractivity contribution < 1.29 is 14.0 Å². The Morgan fingerprint density at radius 3 is 2.47 bits per heavy atom. The average molecular weight is 482 g/mol. The number of aromatic amines is 1. The molecule has 1 fully saturated rings. The predicted octanol–water partition coefficient (Wildman–Crippen LogP) is 3.32. The third kappa shape index (κ3) is 6.68. The van der Waals surface area contributed by atoms with Crippen molar-refractivity contribution in [1.29, 1.82) is 0 Å². The molecule has 1 saturated heterocycles. The van der Waals surface area contributed by atoms with Crippen LogP contribution < -0.4 is 5.32 Å². The maximum Gasteiger partial charge on any atom is 0.238 e. The van der Waals surface area contributed by atoms with Gasteiger partial charge in [-0.05, 0) is 36.8 Å². The number of piperazine rings is 1. The lowest BCUT2D eigenvalue weighted by atomic mass is 10.1. The summed E-state index contributed by atoms with van der Waals surface area (Å²) < 4.78 is 13.0. The number of H-pyrrole nitrogens is 1. The van der Waals surface area contributed by atoms with Crippen LogP contribution in [0.2, 0.25) is 0 Å². The van der Waals surface area contributed by atoms with Gasteiger partial charge in [0, 0.05) is 44.0 Å². The highest BCUT2D eigenvalue weighted by molar-refractivity contribution is 7.99. The van der Waals surface area contributed by atoms with Gasteiger partial charge >= 0.3 is 0 Å². The van der Waals surface area contributed by atoms with Gasteiger partial charge in [0.1, 0.15) is 5.82 Å². The summed E-state index contributed by atoms with van der Waals surface area (Å²) in [6.07, 6.45) is 0.758. The molecule has 2 aromatic carbocycles. The Balaban J connectivity index is 1.19. The second-order valence-electron chi connectivity index (χ2n) is 8.28. The van der Waals surface area contributed by atoms with Gasteiger partial charge in [0.25, 0.3) is 0 Å². The summed E-state index contributed by atoms with van der Waals surface area (Å²) in [5.74, 6) is -0.102. The molecule has 2 amide bonds. The van der Waals surface area contributed by atoms with Crippen molar-refractivity contribution in [3.63, 3.8) is 0 Å². The van der Waals surface area contributed by atoms with Gasteiger partial charge in [0.2, 0.25) is 11.8 Å². The lowest BCUT2D eigenvalue weighted by Gasteiger charge is -2.34. The maximum atomic E-state index is 13.0. The number of benzene rings is 2. The van der Waals surface area contributed by atoms with Crippen molar-refractivity contribution in [1.82, 2.24) is 19.8 Å². The quantitative estimate of drug-likeness (QED) is 0.483. The van der Waals surface area contributed by atoms with Gasteiger partial charge in [-0.25, -0.2) is 9.37 Å². The average Bonchev–Trinajstić information content (AvgIpc) is 3.19. The van der Waals surface area contributed by atoms with E-state index in [-0.39, 0.29) is 24.2 Å². The molecule has 1 aromatic heterocycles. The van der Waals surface area contributed by atoms with Crippen molar-refractivity contribution in [2.24, 2.45) is 0 Å². The zero-order chi connectivity index (χ0) is 23.9. The second kappa shape index (κ2) is 11.3. The number of rotatable bonds is 8. The number of carbonyl (C=O) groups is 2. The third-order valence-electron chi connectivity index (χ3n) is 5.73. The van der Waals surface area contributed by atoms with Crippen LogP contribution in [0.1, 0.15) is 17.0 Å². The smallest absolute Gasteiger partial charge is 0.238 e. The molecule has 7 nitrogen and oxygen atoms in total. The predicted molar refractivity (Wildman–Crippen MR) is 131 cm³/mol. The Hall–Kier alpha value is -3.17. The molecule has 0 saturated carbocycles. The highest BCUT2D eigenvalue weighted by atomic mass is 32.2. The molecule has 0 spiro atoms. The molecule has 4 rings (SSSR count). The number of halogens is 1. The molecule has 0 bridgehead atoms. The SMILES string of the molecule is Cc1[nH]c(SCC(=O)N2CCN(CC(=O)Nc3ccc(F)cc3)CC2)nc1Cc1ccccc1. The van der Waals surface area contributed by atoms with Crippen LogP contribution in [0.5, 0.6) is 0 Å². The van der Waals surface area contributed by atoms with Gasteiger partial charge in [-0.2, -0.15) is 0 Å². The summed E-state index contributed by atoms with van der Waals surface area (Å²) in [6.45, 7) is 4.68. The van der Waals surface area contributed by atoms with E-state index in [4.69, 9.17) is 0 Å². The third-order valence-corrected chi connectivity index (χ3v) is 6.59. The van der Waals surface area contributed by atoms with Crippen LogP contribution in [0.25, 0.3) is 0 Å². The number of aromatic nitrogens is 2. The van der Waals surface area contributed by atoms with Crippen molar-refractivity contribution in [2.45, 2.75) is 18.5 Å². The molecule has 1 aliphatic rings. The zero-order valence-electron chi connectivity index (χ0n) is 19.1. The summed E-state index contributed by atoms with van der Waals surface area (Å²) in [4.78, 5) is 36.7. The van der Waals surface area contributed by atoms with Gasteiger partial charge in [-0.15, -0.1) is 0 Å². The Bertz CT molecular complexity index is 1110. The van der Waals surface area contributed by atoms with E-state index < -0.39 is 0 Å². The van der Waals surface area contributed by atoms with E-state index in [0.717, 1.165) is 23.0 Å². The minimum Gasteiger partial charge on any atom is -0.339 e. The van der Waals surface area contributed by atoms with Gasteiger partial charge in [-0.1, -0.05) is 42.1 Å². The normalized spacial score (nSPS) is 14.2. The molecule has 1 aliphatic heterocycles. The van der Waals surface area contributed by atoms with E-state index in [1.807, 2.05) is 34.9 Å². The maximum absolute atomic E-state index is 13.0. The first kappa shape index (κ1) is 24.0.